The molecule has 1 unspecified atom stereocenters. The molecule has 0 amide bonds. The third-order valence-corrected chi connectivity index (χ3v) is 2.77. The van der Waals surface area contributed by atoms with E-state index in [1.807, 2.05) is 26.8 Å². The molecule has 0 aliphatic carbocycles. The highest BCUT2D eigenvalue weighted by Gasteiger charge is 2.14. The molecule has 6 heteroatoms. The maximum Gasteiger partial charge on any atom is 0.259 e. The van der Waals surface area contributed by atoms with Crippen molar-refractivity contribution >= 4 is 0 Å². The van der Waals surface area contributed by atoms with Gasteiger partial charge in [0, 0.05) is 12.5 Å². The summed E-state index contributed by atoms with van der Waals surface area (Å²) in [6.07, 6.45) is 1.51. The number of nitrogens with two attached hydrogens (primary N) is 1. The standard InChI is InChI=1S/C12H17N5O/c1-4-9(13)6-11-14-12(18-17-11)10-5-7(2)15-16-8(10)3/h5,9H,4,6,13H2,1-3H3. The molecule has 0 aromatic carbocycles. The molecule has 0 saturated heterocycles. The zero-order valence-electron chi connectivity index (χ0n) is 10.8. The van der Waals surface area contributed by atoms with Crippen LogP contribution in [0.15, 0.2) is 10.6 Å². The van der Waals surface area contributed by atoms with Gasteiger partial charge in [-0.15, -0.1) is 0 Å². The molecule has 6 nitrogen and oxygen atoms in total. The predicted molar refractivity (Wildman–Crippen MR) is 66.8 cm³/mol. The summed E-state index contributed by atoms with van der Waals surface area (Å²) in [6, 6.07) is 1.95. The Morgan fingerprint density at radius 2 is 2.11 bits per heavy atom. The minimum Gasteiger partial charge on any atom is -0.334 e. The van der Waals surface area contributed by atoms with E-state index in [0.29, 0.717) is 18.1 Å². The zero-order chi connectivity index (χ0) is 13.1. The fourth-order valence-corrected chi connectivity index (χ4v) is 1.59. The van der Waals surface area contributed by atoms with E-state index < -0.39 is 0 Å². The first-order chi connectivity index (χ1) is 8.60. The molecule has 0 aliphatic heterocycles. The van der Waals surface area contributed by atoms with Gasteiger partial charge in [0.25, 0.3) is 5.89 Å². The van der Waals surface area contributed by atoms with Crippen molar-refractivity contribution in [2.75, 3.05) is 0 Å². The van der Waals surface area contributed by atoms with Crippen LogP contribution >= 0.6 is 0 Å². The fraction of sp³-hybridized carbons (Fsp3) is 0.500. The van der Waals surface area contributed by atoms with Gasteiger partial charge in [0.15, 0.2) is 5.82 Å². The first-order valence-electron chi connectivity index (χ1n) is 5.99. The first-order valence-corrected chi connectivity index (χ1v) is 5.99. The molecule has 0 bridgehead atoms. The van der Waals surface area contributed by atoms with Crippen LogP contribution < -0.4 is 5.73 Å². The summed E-state index contributed by atoms with van der Waals surface area (Å²) in [5.41, 5.74) is 8.28. The largest absolute Gasteiger partial charge is 0.334 e. The molecule has 2 aromatic heterocycles. The summed E-state index contributed by atoms with van der Waals surface area (Å²) in [5.74, 6) is 1.11. The van der Waals surface area contributed by atoms with E-state index in [4.69, 9.17) is 10.3 Å². The third kappa shape index (κ3) is 2.70. The Balaban J connectivity index is 2.26. The second-order valence-electron chi connectivity index (χ2n) is 4.37. The lowest BCUT2D eigenvalue weighted by Gasteiger charge is -2.02. The zero-order valence-corrected chi connectivity index (χ0v) is 10.8. The SMILES string of the molecule is CCC(N)Cc1noc(-c2cc(C)nnc2C)n1. The van der Waals surface area contributed by atoms with Crippen LogP contribution in [0.3, 0.4) is 0 Å². The van der Waals surface area contributed by atoms with E-state index in [2.05, 4.69) is 20.3 Å². The molecule has 0 aliphatic rings. The molecule has 0 saturated carbocycles. The van der Waals surface area contributed by atoms with Crippen LogP contribution in [0.25, 0.3) is 11.5 Å². The Kier molecular flexibility index (Phi) is 3.66. The predicted octanol–water partition coefficient (Wildman–Crippen LogP) is 1.42. The van der Waals surface area contributed by atoms with Crippen LogP contribution in [0.4, 0.5) is 0 Å². The summed E-state index contributed by atoms with van der Waals surface area (Å²) in [4.78, 5) is 4.34. The van der Waals surface area contributed by atoms with E-state index in [1.54, 1.807) is 0 Å². The average molecular weight is 247 g/mol. The molecular formula is C12H17N5O. The number of aryl methyl sites for hydroxylation is 2. The van der Waals surface area contributed by atoms with Gasteiger partial charge in [-0.3, -0.25) is 0 Å². The fourth-order valence-electron chi connectivity index (χ4n) is 1.59. The van der Waals surface area contributed by atoms with Crippen molar-refractivity contribution in [3.63, 3.8) is 0 Å². The highest BCUT2D eigenvalue weighted by Crippen LogP contribution is 2.20. The van der Waals surface area contributed by atoms with Crippen molar-refractivity contribution in [3.05, 3.63) is 23.3 Å². The van der Waals surface area contributed by atoms with Crippen molar-refractivity contribution in [3.8, 4) is 11.5 Å². The summed E-state index contributed by atoms with van der Waals surface area (Å²) in [5, 5.41) is 11.9. The van der Waals surface area contributed by atoms with Gasteiger partial charge in [0.05, 0.1) is 17.0 Å². The van der Waals surface area contributed by atoms with Crippen molar-refractivity contribution in [2.45, 2.75) is 39.7 Å². The Bertz CT molecular complexity index is 537. The van der Waals surface area contributed by atoms with Crippen LogP contribution in [0.1, 0.15) is 30.6 Å². The Labute approximate surface area is 106 Å². The number of hydrogen-bond donors (Lipinski definition) is 1. The van der Waals surface area contributed by atoms with E-state index >= 15 is 0 Å². The van der Waals surface area contributed by atoms with Crippen LogP contribution in [0.2, 0.25) is 0 Å². The molecule has 18 heavy (non-hydrogen) atoms. The van der Waals surface area contributed by atoms with Crippen molar-refractivity contribution in [2.24, 2.45) is 5.73 Å². The minimum absolute atomic E-state index is 0.0637. The van der Waals surface area contributed by atoms with Crippen molar-refractivity contribution < 1.29 is 4.52 Å². The van der Waals surface area contributed by atoms with Gasteiger partial charge >= 0.3 is 0 Å². The summed E-state index contributed by atoms with van der Waals surface area (Å²) in [7, 11) is 0. The van der Waals surface area contributed by atoms with Gasteiger partial charge in [-0.2, -0.15) is 15.2 Å². The molecule has 2 N–H and O–H groups in total. The molecule has 2 heterocycles. The van der Waals surface area contributed by atoms with Crippen LogP contribution in [-0.2, 0) is 6.42 Å². The third-order valence-electron chi connectivity index (χ3n) is 2.77. The van der Waals surface area contributed by atoms with Crippen molar-refractivity contribution in [1.29, 1.82) is 0 Å². The summed E-state index contributed by atoms with van der Waals surface area (Å²) in [6.45, 7) is 5.77. The first kappa shape index (κ1) is 12.6. The lowest BCUT2D eigenvalue weighted by molar-refractivity contribution is 0.418. The summed E-state index contributed by atoms with van der Waals surface area (Å²) >= 11 is 0. The smallest absolute Gasteiger partial charge is 0.259 e. The molecular weight excluding hydrogens is 230 g/mol. The van der Waals surface area contributed by atoms with Gasteiger partial charge in [0.1, 0.15) is 0 Å². The monoisotopic (exact) mass is 247 g/mol. The molecule has 2 aromatic rings. The van der Waals surface area contributed by atoms with E-state index in [9.17, 15) is 0 Å². The average Bonchev–Trinajstić information content (AvgIpc) is 2.80. The Hall–Kier alpha value is -1.82. The van der Waals surface area contributed by atoms with E-state index in [0.717, 1.165) is 23.4 Å². The Morgan fingerprint density at radius 1 is 1.33 bits per heavy atom. The highest BCUT2D eigenvalue weighted by molar-refractivity contribution is 5.55. The number of rotatable bonds is 4. The maximum atomic E-state index is 5.86. The highest BCUT2D eigenvalue weighted by atomic mass is 16.5. The van der Waals surface area contributed by atoms with E-state index in [-0.39, 0.29) is 6.04 Å². The lowest BCUT2D eigenvalue weighted by atomic mass is 10.1. The molecule has 2 rings (SSSR count). The van der Waals surface area contributed by atoms with Crippen LogP contribution in [-0.4, -0.2) is 26.4 Å². The number of aromatic nitrogens is 4. The van der Waals surface area contributed by atoms with Crippen LogP contribution in [0.5, 0.6) is 0 Å². The van der Waals surface area contributed by atoms with E-state index in [1.165, 1.54) is 0 Å². The Morgan fingerprint density at radius 3 is 2.83 bits per heavy atom. The number of nitrogens with zero attached hydrogens (tertiary/aromatic N) is 4. The van der Waals surface area contributed by atoms with Crippen molar-refractivity contribution in [1.82, 2.24) is 20.3 Å². The molecule has 1 atom stereocenters. The van der Waals surface area contributed by atoms with Gasteiger partial charge in [-0.25, -0.2) is 0 Å². The normalized spacial score (nSPS) is 12.7. The van der Waals surface area contributed by atoms with Gasteiger partial charge in [0.2, 0.25) is 0 Å². The van der Waals surface area contributed by atoms with Gasteiger partial charge < -0.3 is 10.3 Å². The molecule has 0 radical (unpaired) electrons. The van der Waals surface area contributed by atoms with Gasteiger partial charge in [-0.1, -0.05) is 12.1 Å². The minimum atomic E-state index is 0.0637. The molecule has 96 valence electrons. The van der Waals surface area contributed by atoms with Gasteiger partial charge in [-0.05, 0) is 26.3 Å². The quantitative estimate of drug-likeness (QED) is 0.878. The number of hydrogen-bond acceptors (Lipinski definition) is 6. The lowest BCUT2D eigenvalue weighted by Crippen LogP contribution is -2.21. The maximum absolute atomic E-state index is 5.86. The second kappa shape index (κ2) is 5.22. The molecule has 0 fully saturated rings. The summed E-state index contributed by atoms with van der Waals surface area (Å²) < 4.78 is 5.25. The second-order valence-corrected chi connectivity index (χ2v) is 4.37. The van der Waals surface area contributed by atoms with Crippen LogP contribution in [0, 0.1) is 13.8 Å². The molecule has 0 spiro atoms. The topological polar surface area (TPSA) is 90.7 Å².